The SMILES string of the molecule is Cc1sc2nc1C(=O)CCc1nc(cs1)C(=O)N[C@@H](Cc1ccc(O)cc1)C(=O)N1C[C@H](O)[C@H](C)[C@H]1c1nc(cs1)-c1nc(cs1)-c1nc(-c3nc(C(=O)N(CCCC(=O)O)CCCC(=O)O)cs3)ccc1-c1nc(cs1)C(=O)N[C@H]2CC(N)=O. The van der Waals surface area contributed by atoms with Crippen molar-refractivity contribution in [2.24, 2.45) is 11.7 Å². The van der Waals surface area contributed by atoms with E-state index < -0.39 is 71.6 Å². The van der Waals surface area contributed by atoms with Crippen LogP contribution in [0, 0.1) is 12.8 Å². The Labute approximate surface area is 507 Å². The van der Waals surface area contributed by atoms with E-state index >= 15 is 0 Å². The van der Waals surface area contributed by atoms with Crippen LogP contribution in [-0.4, -0.2) is 144 Å². The Morgan fingerprint density at radius 3 is 2.04 bits per heavy atom. The number of nitrogens with two attached hydrogens (primary N) is 1. The maximum atomic E-state index is 15.0. The van der Waals surface area contributed by atoms with Crippen molar-refractivity contribution in [3.05, 3.63) is 112 Å². The van der Waals surface area contributed by atoms with Crippen molar-refractivity contribution >= 4 is 115 Å². The molecule has 1 aromatic carbocycles. The number of carboxylic acid groups (broad SMARTS) is 2. The standard InChI is InChI=1S/C55H52N12O12S6/c1-25-39(70)19-67-46(25)53-63-36(23-84-53)51-61-33(20-82-51)45-29(11-12-30(58-45)50-64-37(24-83-50)54(78)66(15-3-5-42(72)73)16-4-6-43(74)75)49-62-35(22-81-49)48(77)59-31(18-40(56)71)52-65-44(26(2)85-52)38(69)13-14-41-57-34(21-80-41)47(76)60-32(55(67)79)17-27-7-9-28(68)10-8-27/h7-12,20-25,31-32,39,46,68,70H,3-6,13-19H2,1-2H3,(H2,56,71)(H,59,77)(H,60,76)(H,72,73)(H,74,75)/t25-,31-,32-,39-,46-/m0/s1. The molecule has 5 amide bonds. The summed E-state index contributed by atoms with van der Waals surface area (Å²) in [6, 6.07) is 6.68. The number of thiazole rings is 6. The smallest absolute Gasteiger partial charge is 0.303 e. The van der Waals surface area contributed by atoms with Crippen LogP contribution in [0.15, 0.2) is 63.3 Å². The van der Waals surface area contributed by atoms with Crippen LogP contribution in [0.4, 0.5) is 0 Å². The van der Waals surface area contributed by atoms with Gasteiger partial charge in [-0.15, -0.1) is 68.0 Å². The summed E-state index contributed by atoms with van der Waals surface area (Å²) < 4.78 is 0. The van der Waals surface area contributed by atoms with E-state index in [-0.39, 0.29) is 110 Å². The third-order valence-corrected chi connectivity index (χ3v) is 19.5. The molecule has 30 heteroatoms. The van der Waals surface area contributed by atoms with Crippen LogP contribution >= 0.6 is 68.0 Å². The number of hydrogen-bond donors (Lipinski definition) is 7. The van der Waals surface area contributed by atoms with E-state index in [0.717, 1.165) is 45.3 Å². The molecule has 7 aromatic heterocycles. The Hall–Kier alpha value is -8.13. The molecular formula is C55H52N12O12S6. The van der Waals surface area contributed by atoms with E-state index in [1.54, 1.807) is 41.9 Å². The van der Waals surface area contributed by atoms with Crippen LogP contribution in [-0.2, 0) is 32.0 Å². The number of carbonyl (C=O) groups excluding carboxylic acids is 6. The summed E-state index contributed by atoms with van der Waals surface area (Å²) in [4.78, 5) is 143. The van der Waals surface area contributed by atoms with Crippen molar-refractivity contribution in [1.29, 1.82) is 0 Å². The number of pyridine rings is 1. The first-order valence-electron chi connectivity index (χ1n) is 26.5. The van der Waals surface area contributed by atoms with Crippen LogP contribution < -0.4 is 16.4 Å². The van der Waals surface area contributed by atoms with Crippen LogP contribution in [0.25, 0.3) is 43.4 Å². The zero-order valence-corrected chi connectivity index (χ0v) is 50.0. The third-order valence-electron chi connectivity index (χ3n) is 14.0. The average Bonchev–Trinajstić information content (AvgIpc) is 2.15. The van der Waals surface area contributed by atoms with E-state index in [1.165, 1.54) is 60.7 Å². The molecule has 0 saturated carbocycles. The van der Waals surface area contributed by atoms with Crippen molar-refractivity contribution in [3.8, 4) is 49.1 Å². The Morgan fingerprint density at radius 1 is 0.682 bits per heavy atom. The molecule has 24 nitrogen and oxygen atoms in total. The lowest BCUT2D eigenvalue weighted by molar-refractivity contribution is -0.138. The average molecular weight is 1270 g/mol. The molecule has 1 fully saturated rings. The van der Waals surface area contributed by atoms with Gasteiger partial charge >= 0.3 is 11.9 Å². The summed E-state index contributed by atoms with van der Waals surface area (Å²) in [7, 11) is 0. The highest BCUT2D eigenvalue weighted by molar-refractivity contribution is 7.15. The molecule has 440 valence electrons. The van der Waals surface area contributed by atoms with Gasteiger partial charge in [0.2, 0.25) is 11.8 Å². The summed E-state index contributed by atoms with van der Waals surface area (Å²) in [5.41, 5.74) is 8.37. The number of phenols is 1. The van der Waals surface area contributed by atoms with Gasteiger partial charge in [0.1, 0.15) is 76.7 Å². The van der Waals surface area contributed by atoms with Crippen LogP contribution in [0.3, 0.4) is 0 Å². The summed E-state index contributed by atoms with van der Waals surface area (Å²) in [5.74, 6) is -5.99. The van der Waals surface area contributed by atoms with Gasteiger partial charge < -0.3 is 46.6 Å². The number of aromatic nitrogens is 7. The van der Waals surface area contributed by atoms with Gasteiger partial charge in [-0.3, -0.25) is 38.4 Å². The molecule has 8 N–H and O–H groups in total. The number of amides is 5. The fourth-order valence-electron chi connectivity index (χ4n) is 9.67. The number of fused-ring (bicyclic) bond motifs is 16. The Balaban J connectivity index is 1.03. The summed E-state index contributed by atoms with van der Waals surface area (Å²) in [6.45, 7) is 3.56. The van der Waals surface area contributed by atoms with E-state index in [1.807, 2.05) is 6.92 Å². The second-order valence-corrected chi connectivity index (χ2v) is 25.7. The number of aliphatic hydroxyl groups is 1. The van der Waals surface area contributed by atoms with E-state index in [4.69, 9.17) is 25.7 Å². The maximum Gasteiger partial charge on any atom is 0.303 e. The second-order valence-electron chi connectivity index (χ2n) is 20.0. The zero-order valence-electron chi connectivity index (χ0n) is 45.1. The first-order chi connectivity index (χ1) is 40.8. The summed E-state index contributed by atoms with van der Waals surface area (Å²) >= 11 is 7.04. The van der Waals surface area contributed by atoms with Crippen molar-refractivity contribution in [3.63, 3.8) is 0 Å². The number of phenolic OH excluding ortho intramolecular Hbond substituents is 1. The monoisotopic (exact) mass is 1260 g/mol. The number of ketones is 1. The number of aliphatic hydroxyl groups excluding tert-OH is 1. The molecule has 0 radical (unpaired) electrons. The summed E-state index contributed by atoms with van der Waals surface area (Å²) in [6.07, 6.45) is -1.34. The van der Waals surface area contributed by atoms with Crippen molar-refractivity contribution in [2.45, 2.75) is 89.4 Å². The lowest BCUT2D eigenvalue weighted by Crippen LogP contribution is -2.50. The van der Waals surface area contributed by atoms with E-state index in [2.05, 4.69) is 25.6 Å². The fourth-order valence-corrected chi connectivity index (χ4v) is 14.9. The predicted molar refractivity (Wildman–Crippen MR) is 317 cm³/mol. The molecule has 10 bridgehead atoms. The molecule has 0 aliphatic carbocycles. The highest BCUT2D eigenvalue weighted by Gasteiger charge is 2.45. The minimum atomic E-state index is -1.17. The van der Waals surface area contributed by atoms with Gasteiger partial charge in [-0.2, -0.15) is 0 Å². The van der Waals surface area contributed by atoms with Gasteiger partial charge in [0.15, 0.2) is 5.78 Å². The van der Waals surface area contributed by atoms with Gasteiger partial charge in [0.25, 0.3) is 17.7 Å². The van der Waals surface area contributed by atoms with Crippen LogP contribution in [0.1, 0.15) is 125 Å². The lowest BCUT2D eigenvalue weighted by Gasteiger charge is -2.29. The normalized spacial score (nSPS) is 18.3. The molecule has 2 aliphatic heterocycles. The summed E-state index contributed by atoms with van der Waals surface area (Å²) in [5, 5.41) is 56.2. The number of rotatable bonds is 14. The second kappa shape index (κ2) is 26.0. The predicted octanol–water partition coefficient (Wildman–Crippen LogP) is 7.07. The number of aryl methyl sites for hydroxylation is 2. The molecule has 85 heavy (non-hydrogen) atoms. The zero-order chi connectivity index (χ0) is 60.2. The minimum absolute atomic E-state index is 0.0109. The maximum absolute atomic E-state index is 15.0. The largest absolute Gasteiger partial charge is 0.508 e. The van der Waals surface area contributed by atoms with Gasteiger partial charge in [0.05, 0.1) is 35.3 Å². The fraction of sp³-hybridized carbons (Fsp3) is 0.327. The number of aliphatic carboxylic acids is 2. The number of nitrogens with zero attached hydrogens (tertiary/aromatic N) is 9. The topological polar surface area (TPSA) is 364 Å². The van der Waals surface area contributed by atoms with Gasteiger partial charge in [-0.1, -0.05) is 19.1 Å². The molecule has 5 atom stereocenters. The lowest BCUT2D eigenvalue weighted by atomic mass is 10.0. The number of Topliss-reactive ketones (excluding diaryl/α,β-unsaturated/α-hetero) is 1. The number of carboxylic acids is 2. The quantitative estimate of drug-likeness (QED) is 0.0572. The first kappa shape index (κ1) is 60.0. The van der Waals surface area contributed by atoms with Crippen LogP contribution in [0.2, 0.25) is 0 Å². The van der Waals surface area contributed by atoms with E-state index in [9.17, 15) is 58.8 Å². The van der Waals surface area contributed by atoms with Crippen LogP contribution in [0.5, 0.6) is 5.75 Å². The number of carbonyl (C=O) groups is 8. The Bertz CT molecular complexity index is 3850. The highest BCUT2D eigenvalue weighted by atomic mass is 32.1. The molecule has 0 unspecified atom stereocenters. The van der Waals surface area contributed by atoms with E-state index in [0.29, 0.717) is 63.8 Å². The number of primary amides is 1. The number of nitrogens with one attached hydrogen (secondary N) is 2. The van der Waals surface area contributed by atoms with Gasteiger partial charge in [-0.25, -0.2) is 34.9 Å². The first-order valence-corrected chi connectivity index (χ1v) is 31.7. The molecule has 0 spiro atoms. The Kier molecular flexibility index (Phi) is 18.4. The number of aromatic hydroxyl groups is 1. The molecule has 8 aromatic rings. The molecular weight excluding hydrogens is 1210 g/mol. The number of benzene rings is 1. The van der Waals surface area contributed by atoms with Gasteiger partial charge in [0, 0.05) is 95.0 Å². The van der Waals surface area contributed by atoms with Gasteiger partial charge in [-0.05, 0) is 49.6 Å². The molecule has 9 heterocycles. The van der Waals surface area contributed by atoms with Crippen molar-refractivity contribution < 1.29 is 58.8 Å². The van der Waals surface area contributed by atoms with Crippen molar-refractivity contribution in [2.75, 3.05) is 19.6 Å². The molecule has 1 saturated heterocycles. The third kappa shape index (κ3) is 13.9. The molecule has 2 aliphatic rings. The molecule has 10 rings (SSSR count). The van der Waals surface area contributed by atoms with Crippen molar-refractivity contribution in [1.82, 2.24) is 55.3 Å². The minimum Gasteiger partial charge on any atom is -0.508 e. The number of hydrogen-bond acceptors (Lipinski definition) is 23. The Morgan fingerprint density at radius 2 is 1.32 bits per heavy atom. The highest BCUT2D eigenvalue weighted by Crippen LogP contribution is 2.43.